The standard InChI is InChI=1S/C15H12N2O3S/c1-19-11-5-3-2-4-9(11)10-8-20-13(14(16)18)12(10)15-17-6-7-21-15/h2-8H,1H3,(H2,16,18). The summed E-state index contributed by atoms with van der Waals surface area (Å²) in [5, 5.41) is 2.51. The van der Waals surface area contributed by atoms with Crippen LogP contribution in [0, 0.1) is 0 Å². The van der Waals surface area contributed by atoms with Gasteiger partial charge in [-0.3, -0.25) is 4.79 Å². The smallest absolute Gasteiger partial charge is 0.285 e. The highest BCUT2D eigenvalue weighted by Crippen LogP contribution is 2.40. The molecule has 0 aliphatic carbocycles. The lowest BCUT2D eigenvalue weighted by atomic mass is 10.0. The van der Waals surface area contributed by atoms with E-state index in [9.17, 15) is 4.79 Å². The fraction of sp³-hybridized carbons (Fsp3) is 0.0667. The van der Waals surface area contributed by atoms with Crippen molar-refractivity contribution in [3.05, 3.63) is 47.9 Å². The molecule has 3 aromatic rings. The van der Waals surface area contributed by atoms with E-state index in [-0.39, 0.29) is 5.76 Å². The predicted molar refractivity (Wildman–Crippen MR) is 80.3 cm³/mol. The van der Waals surface area contributed by atoms with Gasteiger partial charge in [0.2, 0.25) is 5.76 Å². The highest BCUT2D eigenvalue weighted by molar-refractivity contribution is 7.13. The van der Waals surface area contributed by atoms with Crippen molar-refractivity contribution in [1.82, 2.24) is 4.98 Å². The van der Waals surface area contributed by atoms with Crippen LogP contribution in [0.2, 0.25) is 0 Å². The van der Waals surface area contributed by atoms with Gasteiger partial charge in [-0.2, -0.15) is 0 Å². The molecule has 0 bridgehead atoms. The number of hydrogen-bond acceptors (Lipinski definition) is 5. The quantitative estimate of drug-likeness (QED) is 0.802. The molecule has 0 unspecified atom stereocenters. The lowest BCUT2D eigenvalue weighted by Crippen LogP contribution is -2.10. The van der Waals surface area contributed by atoms with Crippen molar-refractivity contribution in [2.24, 2.45) is 5.73 Å². The van der Waals surface area contributed by atoms with Gasteiger partial charge >= 0.3 is 0 Å². The van der Waals surface area contributed by atoms with E-state index in [1.807, 2.05) is 29.6 Å². The van der Waals surface area contributed by atoms with E-state index in [2.05, 4.69) is 4.98 Å². The largest absolute Gasteiger partial charge is 0.496 e. The summed E-state index contributed by atoms with van der Waals surface area (Å²) in [5.74, 6) is 0.166. The van der Waals surface area contributed by atoms with Gasteiger partial charge in [-0.15, -0.1) is 11.3 Å². The highest BCUT2D eigenvalue weighted by atomic mass is 32.1. The van der Waals surface area contributed by atoms with E-state index in [1.165, 1.54) is 17.6 Å². The average Bonchev–Trinajstić information content (AvgIpc) is 3.15. The van der Waals surface area contributed by atoms with Gasteiger partial charge in [0, 0.05) is 22.7 Å². The molecule has 1 amide bonds. The van der Waals surface area contributed by atoms with Gasteiger partial charge in [-0.25, -0.2) is 4.98 Å². The average molecular weight is 300 g/mol. The number of primary amides is 1. The molecule has 0 aliphatic rings. The van der Waals surface area contributed by atoms with E-state index in [1.54, 1.807) is 13.3 Å². The number of nitrogens with zero attached hydrogens (tertiary/aromatic N) is 1. The second-order valence-corrected chi connectivity index (χ2v) is 5.15. The molecular formula is C15H12N2O3S. The monoisotopic (exact) mass is 300 g/mol. The molecule has 0 spiro atoms. The van der Waals surface area contributed by atoms with Gasteiger partial charge in [-0.1, -0.05) is 18.2 Å². The zero-order chi connectivity index (χ0) is 14.8. The van der Waals surface area contributed by atoms with Crippen LogP contribution in [-0.2, 0) is 0 Å². The number of thiazole rings is 1. The molecule has 2 heterocycles. The Morgan fingerprint density at radius 3 is 2.81 bits per heavy atom. The Morgan fingerprint density at radius 1 is 1.33 bits per heavy atom. The number of ether oxygens (including phenoxy) is 1. The number of carbonyl (C=O) groups is 1. The van der Waals surface area contributed by atoms with Gasteiger partial charge in [0.25, 0.3) is 5.91 Å². The van der Waals surface area contributed by atoms with Crippen LogP contribution in [0.3, 0.4) is 0 Å². The second kappa shape index (κ2) is 5.41. The van der Waals surface area contributed by atoms with Gasteiger partial charge in [-0.05, 0) is 6.07 Å². The first kappa shape index (κ1) is 13.4. The number of amides is 1. The predicted octanol–water partition coefficient (Wildman–Crippen LogP) is 3.18. The van der Waals surface area contributed by atoms with E-state index in [0.717, 1.165) is 11.1 Å². The summed E-state index contributed by atoms with van der Waals surface area (Å²) in [6.07, 6.45) is 3.18. The number of carbonyl (C=O) groups excluding carboxylic acids is 1. The molecule has 2 aromatic heterocycles. The van der Waals surface area contributed by atoms with Gasteiger partial charge < -0.3 is 14.9 Å². The summed E-state index contributed by atoms with van der Waals surface area (Å²) in [4.78, 5) is 15.8. The Balaban J connectivity index is 2.27. The summed E-state index contributed by atoms with van der Waals surface area (Å²) < 4.78 is 10.7. The van der Waals surface area contributed by atoms with Crippen LogP contribution >= 0.6 is 11.3 Å². The Labute approximate surface area is 125 Å². The minimum atomic E-state index is -0.624. The number of rotatable bonds is 4. The molecular weight excluding hydrogens is 288 g/mol. The molecule has 0 aliphatic heterocycles. The molecule has 3 rings (SSSR count). The Morgan fingerprint density at radius 2 is 2.14 bits per heavy atom. The van der Waals surface area contributed by atoms with Gasteiger partial charge in [0.1, 0.15) is 17.0 Å². The lowest BCUT2D eigenvalue weighted by Gasteiger charge is -2.07. The van der Waals surface area contributed by atoms with Crippen LogP contribution < -0.4 is 10.5 Å². The van der Waals surface area contributed by atoms with Crippen LogP contribution in [0.5, 0.6) is 5.75 Å². The molecule has 0 fully saturated rings. The molecule has 106 valence electrons. The molecule has 0 saturated carbocycles. The number of benzene rings is 1. The van der Waals surface area contributed by atoms with E-state index in [4.69, 9.17) is 14.9 Å². The Bertz CT molecular complexity index is 778. The van der Waals surface area contributed by atoms with Gasteiger partial charge in [0.05, 0.1) is 12.7 Å². The molecule has 0 saturated heterocycles. The summed E-state index contributed by atoms with van der Waals surface area (Å²) in [7, 11) is 1.59. The maximum Gasteiger partial charge on any atom is 0.285 e. The highest BCUT2D eigenvalue weighted by Gasteiger charge is 2.23. The number of aromatic nitrogens is 1. The van der Waals surface area contributed by atoms with E-state index >= 15 is 0 Å². The van der Waals surface area contributed by atoms with Crippen molar-refractivity contribution in [3.8, 4) is 27.4 Å². The SMILES string of the molecule is COc1ccccc1-c1coc(C(N)=O)c1-c1nccs1. The van der Waals surface area contributed by atoms with Crippen LogP contribution in [-0.4, -0.2) is 18.0 Å². The third-order valence-electron chi connectivity index (χ3n) is 3.06. The van der Waals surface area contributed by atoms with Crippen molar-refractivity contribution < 1.29 is 13.9 Å². The number of hydrogen-bond donors (Lipinski definition) is 1. The van der Waals surface area contributed by atoms with Crippen LogP contribution in [0.15, 0.2) is 46.5 Å². The third-order valence-corrected chi connectivity index (χ3v) is 3.85. The maximum atomic E-state index is 11.6. The first-order valence-electron chi connectivity index (χ1n) is 6.17. The Kier molecular flexibility index (Phi) is 3.45. The summed E-state index contributed by atoms with van der Waals surface area (Å²) in [6, 6.07) is 7.50. The lowest BCUT2D eigenvalue weighted by molar-refractivity contribution is 0.0975. The van der Waals surface area contributed by atoms with Crippen LogP contribution in [0.1, 0.15) is 10.6 Å². The zero-order valence-electron chi connectivity index (χ0n) is 11.2. The van der Waals surface area contributed by atoms with Crippen molar-refractivity contribution in [2.75, 3.05) is 7.11 Å². The molecule has 6 heteroatoms. The number of para-hydroxylation sites is 1. The maximum absolute atomic E-state index is 11.6. The fourth-order valence-electron chi connectivity index (χ4n) is 2.16. The number of furan rings is 1. The normalized spacial score (nSPS) is 10.5. The number of nitrogens with two attached hydrogens (primary N) is 1. The fourth-order valence-corrected chi connectivity index (χ4v) is 2.86. The van der Waals surface area contributed by atoms with Gasteiger partial charge in [0.15, 0.2) is 0 Å². The summed E-state index contributed by atoms with van der Waals surface area (Å²) >= 11 is 1.41. The molecule has 5 nitrogen and oxygen atoms in total. The summed E-state index contributed by atoms with van der Waals surface area (Å²) in [6.45, 7) is 0. The van der Waals surface area contributed by atoms with E-state index in [0.29, 0.717) is 16.3 Å². The summed E-state index contributed by atoms with van der Waals surface area (Å²) in [5.41, 5.74) is 7.55. The van der Waals surface area contributed by atoms with Crippen LogP contribution in [0.4, 0.5) is 0 Å². The third kappa shape index (κ3) is 2.30. The zero-order valence-corrected chi connectivity index (χ0v) is 12.0. The van der Waals surface area contributed by atoms with Crippen molar-refractivity contribution >= 4 is 17.2 Å². The van der Waals surface area contributed by atoms with E-state index < -0.39 is 5.91 Å². The second-order valence-electron chi connectivity index (χ2n) is 4.26. The molecule has 1 aromatic carbocycles. The van der Waals surface area contributed by atoms with Crippen molar-refractivity contribution in [1.29, 1.82) is 0 Å². The number of methoxy groups -OCH3 is 1. The molecule has 0 radical (unpaired) electrons. The minimum Gasteiger partial charge on any atom is -0.496 e. The van der Waals surface area contributed by atoms with Crippen LogP contribution in [0.25, 0.3) is 21.7 Å². The molecule has 0 atom stereocenters. The first-order chi connectivity index (χ1) is 10.2. The Hall–Kier alpha value is -2.60. The van der Waals surface area contributed by atoms with Crippen molar-refractivity contribution in [2.45, 2.75) is 0 Å². The molecule has 21 heavy (non-hydrogen) atoms. The topological polar surface area (TPSA) is 78.4 Å². The van der Waals surface area contributed by atoms with Crippen molar-refractivity contribution in [3.63, 3.8) is 0 Å². The molecule has 2 N–H and O–H groups in total. The minimum absolute atomic E-state index is 0.103. The first-order valence-corrected chi connectivity index (χ1v) is 7.05.